The number of anilines is 1. The number of benzene rings is 1. The number of piperidine rings is 1. The van der Waals surface area contributed by atoms with Crippen LogP contribution in [0.4, 0.5) is 5.69 Å². The summed E-state index contributed by atoms with van der Waals surface area (Å²) < 4.78 is 1.77. The highest BCUT2D eigenvalue weighted by Crippen LogP contribution is 2.31. The zero-order chi connectivity index (χ0) is 24.7. The van der Waals surface area contributed by atoms with Crippen molar-refractivity contribution in [3.8, 4) is 5.82 Å². The lowest BCUT2D eigenvalue weighted by Crippen LogP contribution is -2.42. The number of aromatic amines is 1. The van der Waals surface area contributed by atoms with Crippen LogP contribution in [0.15, 0.2) is 41.5 Å². The fourth-order valence-electron chi connectivity index (χ4n) is 4.64. The highest BCUT2D eigenvalue weighted by Gasteiger charge is 2.23. The zero-order valence-corrected chi connectivity index (χ0v) is 21.3. The molecule has 182 valence electrons. The molecule has 0 aliphatic carbocycles. The van der Waals surface area contributed by atoms with E-state index >= 15 is 0 Å². The lowest BCUT2D eigenvalue weighted by molar-refractivity contribution is 0.253. The molecule has 4 heterocycles. The second kappa shape index (κ2) is 9.43. The third-order valence-corrected chi connectivity index (χ3v) is 7.30. The van der Waals surface area contributed by atoms with Gasteiger partial charge in [-0.15, -0.1) is 0 Å². The molecule has 1 aliphatic heterocycles. The van der Waals surface area contributed by atoms with E-state index in [-0.39, 0.29) is 5.56 Å². The summed E-state index contributed by atoms with van der Waals surface area (Å²) in [6, 6.07) is 8.00. The molecule has 5 rings (SSSR count). The molecule has 1 aromatic carbocycles. The molecular formula is C26H30ClN7O. The predicted octanol–water partition coefficient (Wildman–Crippen LogP) is 3.90. The third kappa shape index (κ3) is 4.81. The quantitative estimate of drug-likeness (QED) is 0.456. The van der Waals surface area contributed by atoms with Gasteiger partial charge in [-0.25, -0.2) is 14.6 Å². The number of rotatable bonds is 5. The highest BCUT2D eigenvalue weighted by atomic mass is 35.5. The van der Waals surface area contributed by atoms with E-state index in [1.807, 2.05) is 38.2 Å². The van der Waals surface area contributed by atoms with Crippen molar-refractivity contribution in [1.29, 1.82) is 0 Å². The molecule has 9 heteroatoms. The van der Waals surface area contributed by atoms with E-state index in [4.69, 9.17) is 16.6 Å². The molecule has 0 radical (unpaired) electrons. The van der Waals surface area contributed by atoms with Crippen molar-refractivity contribution in [2.45, 2.75) is 39.2 Å². The Morgan fingerprint density at radius 1 is 1.20 bits per heavy atom. The summed E-state index contributed by atoms with van der Waals surface area (Å²) >= 11 is 6.62. The van der Waals surface area contributed by atoms with Gasteiger partial charge in [0.2, 0.25) is 0 Å². The number of likely N-dealkylation sites (tertiary alicyclic amines) is 1. The van der Waals surface area contributed by atoms with Crippen LogP contribution in [0.2, 0.25) is 5.02 Å². The van der Waals surface area contributed by atoms with Crippen LogP contribution in [-0.4, -0.2) is 62.9 Å². The Kier molecular flexibility index (Phi) is 6.34. The van der Waals surface area contributed by atoms with E-state index in [1.54, 1.807) is 16.9 Å². The van der Waals surface area contributed by atoms with Gasteiger partial charge in [0.25, 0.3) is 5.56 Å². The number of aryl methyl sites for hydroxylation is 2. The Morgan fingerprint density at radius 3 is 2.63 bits per heavy atom. The fourth-order valence-corrected chi connectivity index (χ4v) is 4.94. The minimum Gasteiger partial charge on any atom is -0.370 e. The number of pyridine rings is 1. The maximum absolute atomic E-state index is 12.8. The number of H-pyrrole nitrogens is 1. The van der Waals surface area contributed by atoms with Crippen LogP contribution >= 0.6 is 11.6 Å². The summed E-state index contributed by atoms with van der Waals surface area (Å²) in [7, 11) is 4.23. The van der Waals surface area contributed by atoms with Crippen LogP contribution < -0.4 is 10.5 Å². The Bertz CT molecular complexity index is 1400. The molecule has 0 unspecified atom stereocenters. The van der Waals surface area contributed by atoms with Crippen LogP contribution in [0.5, 0.6) is 0 Å². The Hall–Kier alpha value is -3.23. The molecule has 4 aromatic rings. The first-order chi connectivity index (χ1) is 16.8. The number of nitrogens with one attached hydrogen (secondary N) is 1. The largest absolute Gasteiger partial charge is 0.370 e. The first kappa shape index (κ1) is 23.5. The van der Waals surface area contributed by atoms with Crippen molar-refractivity contribution in [1.82, 2.24) is 29.6 Å². The molecule has 0 atom stereocenters. The van der Waals surface area contributed by atoms with Gasteiger partial charge in [-0.3, -0.25) is 4.79 Å². The average molecular weight is 492 g/mol. The summed E-state index contributed by atoms with van der Waals surface area (Å²) in [6.07, 6.45) is 6.39. The first-order valence-electron chi connectivity index (χ1n) is 11.9. The summed E-state index contributed by atoms with van der Waals surface area (Å²) in [5, 5.41) is 5.55. The molecule has 1 aliphatic rings. The Balaban J connectivity index is 1.41. The average Bonchev–Trinajstić information content (AvgIpc) is 3.18. The van der Waals surface area contributed by atoms with Crippen LogP contribution in [0.25, 0.3) is 16.7 Å². The number of fused-ring (bicyclic) bond motifs is 1. The lowest BCUT2D eigenvalue weighted by Gasteiger charge is -2.36. The minimum absolute atomic E-state index is 0.188. The number of halogens is 1. The molecule has 35 heavy (non-hydrogen) atoms. The van der Waals surface area contributed by atoms with Gasteiger partial charge >= 0.3 is 0 Å². The summed E-state index contributed by atoms with van der Waals surface area (Å²) in [6.45, 7) is 6.13. The molecule has 1 fully saturated rings. The Labute approximate surface area is 209 Å². The molecule has 0 saturated carbocycles. The van der Waals surface area contributed by atoms with Crippen LogP contribution in [0.1, 0.15) is 35.5 Å². The van der Waals surface area contributed by atoms with Crippen molar-refractivity contribution >= 4 is 28.2 Å². The number of hydrogen-bond acceptors (Lipinski definition) is 6. The van der Waals surface area contributed by atoms with Crippen LogP contribution in [0, 0.1) is 13.8 Å². The van der Waals surface area contributed by atoms with Gasteiger partial charge in [0.1, 0.15) is 5.82 Å². The molecule has 3 aromatic heterocycles. The second-order valence-corrected chi connectivity index (χ2v) is 9.93. The molecule has 0 spiro atoms. The van der Waals surface area contributed by atoms with Gasteiger partial charge in [0.15, 0.2) is 5.82 Å². The van der Waals surface area contributed by atoms with Crippen LogP contribution in [-0.2, 0) is 6.42 Å². The number of nitrogens with zero attached hydrogens (tertiary/aromatic N) is 6. The fraction of sp³-hybridized carbons (Fsp3) is 0.385. The molecule has 1 N–H and O–H groups in total. The molecule has 1 saturated heterocycles. The van der Waals surface area contributed by atoms with E-state index in [1.165, 1.54) is 0 Å². The van der Waals surface area contributed by atoms with Gasteiger partial charge in [-0.2, -0.15) is 5.10 Å². The van der Waals surface area contributed by atoms with Crippen molar-refractivity contribution in [3.05, 3.63) is 74.7 Å². The SMILES string of the molecule is Cc1cn(-c2ccc(Cc3nc4cc(N(C)C5CCN(C)CC5)c(Cl)cc4c(=O)[nH]3)cn2)nc1C. The number of aromatic nitrogens is 5. The third-order valence-electron chi connectivity index (χ3n) is 7.00. The first-order valence-corrected chi connectivity index (χ1v) is 12.3. The summed E-state index contributed by atoms with van der Waals surface area (Å²) in [4.78, 5) is 29.6. The van der Waals surface area contributed by atoms with Crippen molar-refractivity contribution in [2.75, 3.05) is 32.1 Å². The van der Waals surface area contributed by atoms with E-state index in [0.717, 1.165) is 54.3 Å². The van der Waals surface area contributed by atoms with E-state index in [0.29, 0.717) is 34.2 Å². The standard InChI is InChI=1S/C26H30ClN7O/c1-16-15-34(31-17(16)2)25-6-5-18(14-28-25)11-24-29-22-13-23(21(27)12-20(22)26(35)30-24)33(4)19-7-9-32(3)10-8-19/h5-6,12-15,19H,7-11H2,1-4H3,(H,29,30,35). The van der Waals surface area contributed by atoms with E-state index < -0.39 is 0 Å². The van der Waals surface area contributed by atoms with Crippen molar-refractivity contribution < 1.29 is 0 Å². The minimum atomic E-state index is -0.188. The molecule has 0 bridgehead atoms. The second-order valence-electron chi connectivity index (χ2n) is 9.52. The summed E-state index contributed by atoms with van der Waals surface area (Å²) in [5.74, 6) is 1.35. The monoisotopic (exact) mass is 491 g/mol. The van der Waals surface area contributed by atoms with Crippen molar-refractivity contribution in [2.24, 2.45) is 0 Å². The molecule has 0 amide bonds. The van der Waals surface area contributed by atoms with E-state index in [9.17, 15) is 4.79 Å². The maximum atomic E-state index is 12.8. The predicted molar refractivity (Wildman–Crippen MR) is 140 cm³/mol. The maximum Gasteiger partial charge on any atom is 0.258 e. The topological polar surface area (TPSA) is 82.9 Å². The van der Waals surface area contributed by atoms with Gasteiger partial charge < -0.3 is 14.8 Å². The van der Waals surface area contributed by atoms with E-state index in [2.05, 4.69) is 39.0 Å². The zero-order valence-electron chi connectivity index (χ0n) is 20.5. The normalized spacial score (nSPS) is 15.1. The van der Waals surface area contributed by atoms with Crippen molar-refractivity contribution in [3.63, 3.8) is 0 Å². The molecule has 8 nitrogen and oxygen atoms in total. The number of hydrogen-bond donors (Lipinski definition) is 1. The highest BCUT2D eigenvalue weighted by molar-refractivity contribution is 6.34. The molecular weight excluding hydrogens is 462 g/mol. The van der Waals surface area contributed by atoms with Crippen LogP contribution in [0.3, 0.4) is 0 Å². The summed E-state index contributed by atoms with van der Waals surface area (Å²) in [5.41, 5.74) is 4.43. The van der Waals surface area contributed by atoms with Gasteiger partial charge in [-0.1, -0.05) is 17.7 Å². The van der Waals surface area contributed by atoms with Gasteiger partial charge in [0, 0.05) is 31.9 Å². The lowest BCUT2D eigenvalue weighted by atomic mass is 10.0. The van der Waals surface area contributed by atoms with Gasteiger partial charge in [-0.05, 0) is 76.2 Å². The Morgan fingerprint density at radius 2 is 1.97 bits per heavy atom. The smallest absolute Gasteiger partial charge is 0.258 e. The van der Waals surface area contributed by atoms with Gasteiger partial charge in [0.05, 0.1) is 27.3 Å².